The molecule has 0 aliphatic rings. The molecule has 0 fully saturated rings. The fourth-order valence-corrected chi connectivity index (χ4v) is 2.48. The number of guanidine groups is 1. The molecular weight excluding hydrogens is 289 g/mol. The van der Waals surface area contributed by atoms with E-state index in [-0.39, 0.29) is 10.6 Å². The molecule has 1 unspecified atom stereocenters. The lowest BCUT2D eigenvalue weighted by molar-refractivity contribution is 0.626. The molecule has 0 radical (unpaired) electrons. The van der Waals surface area contributed by atoms with Crippen LogP contribution in [0.5, 0.6) is 0 Å². The van der Waals surface area contributed by atoms with E-state index in [9.17, 15) is 8.60 Å². The van der Waals surface area contributed by atoms with Gasteiger partial charge in [0.25, 0.3) is 0 Å². The van der Waals surface area contributed by atoms with Gasteiger partial charge in [-0.15, -0.1) is 0 Å². The van der Waals surface area contributed by atoms with Crippen LogP contribution in [-0.2, 0) is 17.3 Å². The first-order chi connectivity index (χ1) is 9.82. The summed E-state index contributed by atoms with van der Waals surface area (Å²) in [4.78, 5) is 4.10. The number of hydrogen-bond acceptors (Lipinski definition) is 2. The van der Waals surface area contributed by atoms with Crippen molar-refractivity contribution in [3.63, 3.8) is 0 Å². The highest BCUT2D eigenvalue weighted by Crippen LogP contribution is 2.10. The van der Waals surface area contributed by atoms with E-state index in [0.29, 0.717) is 24.8 Å². The third kappa shape index (κ3) is 6.71. The quantitative estimate of drug-likeness (QED) is 0.646. The van der Waals surface area contributed by atoms with Crippen LogP contribution in [0, 0.1) is 5.82 Å². The van der Waals surface area contributed by atoms with Gasteiger partial charge in [0.15, 0.2) is 5.96 Å². The van der Waals surface area contributed by atoms with E-state index < -0.39 is 10.8 Å². The van der Waals surface area contributed by atoms with Crippen molar-refractivity contribution in [1.29, 1.82) is 0 Å². The summed E-state index contributed by atoms with van der Waals surface area (Å²) in [5.74, 6) is 0.969. The summed E-state index contributed by atoms with van der Waals surface area (Å²) in [6, 6.07) is 6.31. The molecule has 0 heterocycles. The Morgan fingerprint density at radius 2 is 1.86 bits per heavy atom. The van der Waals surface area contributed by atoms with E-state index in [1.807, 2.05) is 20.8 Å². The van der Waals surface area contributed by atoms with Gasteiger partial charge in [-0.25, -0.2) is 4.39 Å². The molecule has 0 aromatic heterocycles. The second-order valence-corrected chi connectivity index (χ2v) is 7.97. The van der Waals surface area contributed by atoms with E-state index in [1.54, 1.807) is 19.2 Å². The molecule has 0 aliphatic heterocycles. The summed E-state index contributed by atoms with van der Waals surface area (Å²) >= 11 is 0. The summed E-state index contributed by atoms with van der Waals surface area (Å²) in [7, 11) is 0.796. The van der Waals surface area contributed by atoms with Crippen LogP contribution in [0.25, 0.3) is 0 Å². The Kier molecular flexibility index (Phi) is 6.81. The number of benzene rings is 1. The zero-order valence-corrected chi connectivity index (χ0v) is 13.9. The molecule has 0 spiro atoms. The molecule has 118 valence electrons. The summed E-state index contributed by atoms with van der Waals surface area (Å²) in [5.41, 5.74) is 0.970. The molecule has 0 saturated heterocycles. The highest BCUT2D eigenvalue weighted by Gasteiger charge is 2.18. The molecule has 1 aromatic carbocycles. The largest absolute Gasteiger partial charge is 0.355 e. The fourth-order valence-electron chi connectivity index (χ4n) is 1.58. The Labute approximate surface area is 128 Å². The predicted molar refractivity (Wildman–Crippen MR) is 87.4 cm³/mol. The molecule has 4 nitrogen and oxygen atoms in total. The fraction of sp³-hybridized carbons (Fsp3) is 0.533. The predicted octanol–water partition coefficient (Wildman–Crippen LogP) is 2.04. The van der Waals surface area contributed by atoms with Crippen LogP contribution < -0.4 is 10.6 Å². The second-order valence-electron chi connectivity index (χ2n) is 5.64. The highest BCUT2D eigenvalue weighted by atomic mass is 32.2. The van der Waals surface area contributed by atoms with E-state index in [0.717, 1.165) is 5.56 Å². The van der Waals surface area contributed by atoms with Crippen molar-refractivity contribution in [2.75, 3.05) is 19.3 Å². The Morgan fingerprint density at radius 1 is 1.24 bits per heavy atom. The average molecular weight is 313 g/mol. The van der Waals surface area contributed by atoms with Crippen molar-refractivity contribution in [3.05, 3.63) is 35.6 Å². The molecule has 6 heteroatoms. The Balaban J connectivity index is 2.36. The van der Waals surface area contributed by atoms with Gasteiger partial charge in [-0.1, -0.05) is 12.1 Å². The molecule has 1 atom stereocenters. The molecule has 1 aromatic rings. The van der Waals surface area contributed by atoms with Crippen molar-refractivity contribution in [3.8, 4) is 0 Å². The van der Waals surface area contributed by atoms with Crippen LogP contribution in [0.3, 0.4) is 0 Å². The van der Waals surface area contributed by atoms with E-state index in [1.165, 1.54) is 12.1 Å². The van der Waals surface area contributed by atoms with Crippen molar-refractivity contribution in [2.24, 2.45) is 4.99 Å². The first-order valence-corrected chi connectivity index (χ1v) is 8.22. The number of nitrogens with zero attached hydrogens (tertiary/aromatic N) is 1. The number of halogens is 1. The van der Waals surface area contributed by atoms with Crippen molar-refractivity contribution >= 4 is 16.8 Å². The van der Waals surface area contributed by atoms with Crippen LogP contribution >= 0.6 is 0 Å². The molecular formula is C15H24FN3OS. The van der Waals surface area contributed by atoms with E-state index in [2.05, 4.69) is 15.6 Å². The second kappa shape index (κ2) is 8.12. The van der Waals surface area contributed by atoms with Crippen LogP contribution in [0.15, 0.2) is 29.3 Å². The number of aliphatic imine (C=N–C) groups is 1. The van der Waals surface area contributed by atoms with Gasteiger partial charge in [0.05, 0.1) is 0 Å². The van der Waals surface area contributed by atoms with Gasteiger partial charge < -0.3 is 10.6 Å². The van der Waals surface area contributed by atoms with Crippen LogP contribution in [0.1, 0.15) is 26.3 Å². The number of hydrogen-bond donors (Lipinski definition) is 2. The topological polar surface area (TPSA) is 53.5 Å². The van der Waals surface area contributed by atoms with Crippen LogP contribution in [-0.4, -0.2) is 34.3 Å². The van der Waals surface area contributed by atoms with Crippen LogP contribution in [0.2, 0.25) is 0 Å². The third-order valence-electron chi connectivity index (χ3n) is 2.86. The first-order valence-electron chi connectivity index (χ1n) is 6.90. The minimum absolute atomic E-state index is 0.202. The minimum atomic E-state index is -0.885. The van der Waals surface area contributed by atoms with Gasteiger partial charge in [0, 0.05) is 41.4 Å². The summed E-state index contributed by atoms with van der Waals surface area (Å²) in [6.45, 7) is 7.04. The highest BCUT2D eigenvalue weighted by molar-refractivity contribution is 7.86. The zero-order chi connectivity index (χ0) is 15.9. The molecule has 0 saturated carbocycles. The standard InChI is InChI=1S/C15H24FN3OS/c1-15(2,3)21(20)10-9-18-14(17-4)19-11-12-5-7-13(16)8-6-12/h5-8H,9-11H2,1-4H3,(H2,17,18,19). The van der Waals surface area contributed by atoms with Gasteiger partial charge in [0.1, 0.15) is 5.82 Å². The lowest BCUT2D eigenvalue weighted by Crippen LogP contribution is -2.40. The minimum Gasteiger partial charge on any atom is -0.355 e. The number of rotatable bonds is 5. The maximum Gasteiger partial charge on any atom is 0.191 e. The van der Waals surface area contributed by atoms with E-state index in [4.69, 9.17) is 0 Å². The Morgan fingerprint density at radius 3 is 2.38 bits per heavy atom. The van der Waals surface area contributed by atoms with Gasteiger partial charge in [-0.05, 0) is 38.5 Å². The SMILES string of the molecule is CN=C(NCCS(=O)C(C)(C)C)NCc1ccc(F)cc1. The zero-order valence-electron chi connectivity index (χ0n) is 13.1. The van der Waals surface area contributed by atoms with Crippen molar-refractivity contribution < 1.29 is 8.60 Å². The third-order valence-corrected chi connectivity index (χ3v) is 4.80. The Bertz CT molecular complexity index is 495. The lowest BCUT2D eigenvalue weighted by atomic mass is 10.2. The van der Waals surface area contributed by atoms with Gasteiger partial charge in [-0.3, -0.25) is 9.20 Å². The summed E-state index contributed by atoms with van der Waals surface area (Å²) < 4.78 is 24.5. The van der Waals surface area contributed by atoms with Crippen molar-refractivity contribution in [2.45, 2.75) is 32.1 Å². The average Bonchev–Trinajstić information content (AvgIpc) is 2.43. The summed E-state index contributed by atoms with van der Waals surface area (Å²) in [5, 5.41) is 6.26. The van der Waals surface area contributed by atoms with Gasteiger partial charge in [0.2, 0.25) is 0 Å². The molecule has 0 aliphatic carbocycles. The van der Waals surface area contributed by atoms with Crippen molar-refractivity contribution in [1.82, 2.24) is 10.6 Å². The molecule has 21 heavy (non-hydrogen) atoms. The molecule has 0 amide bonds. The maximum atomic E-state index is 12.8. The normalized spacial score (nSPS) is 13.9. The first kappa shape index (κ1) is 17.6. The molecule has 1 rings (SSSR count). The van der Waals surface area contributed by atoms with E-state index >= 15 is 0 Å². The van der Waals surface area contributed by atoms with Gasteiger partial charge in [-0.2, -0.15) is 0 Å². The molecule has 2 N–H and O–H groups in total. The maximum absolute atomic E-state index is 12.8. The van der Waals surface area contributed by atoms with Crippen LogP contribution in [0.4, 0.5) is 4.39 Å². The summed E-state index contributed by atoms with van der Waals surface area (Å²) in [6.07, 6.45) is 0. The molecule has 0 bridgehead atoms. The number of nitrogens with one attached hydrogen (secondary N) is 2. The monoisotopic (exact) mass is 313 g/mol. The smallest absolute Gasteiger partial charge is 0.191 e. The lowest BCUT2D eigenvalue weighted by Gasteiger charge is -2.18. The van der Waals surface area contributed by atoms with Gasteiger partial charge >= 0.3 is 0 Å². The Hall–Kier alpha value is -1.43.